The number of carbonyl (C=O) groups excluding carboxylic acids is 2. The molecule has 0 radical (unpaired) electrons. The molecule has 0 spiro atoms. The molecule has 18 heavy (non-hydrogen) atoms. The second-order valence-corrected chi connectivity index (χ2v) is 6.34. The van der Waals surface area contributed by atoms with Gasteiger partial charge in [0.2, 0.25) is 11.8 Å². The van der Waals surface area contributed by atoms with Gasteiger partial charge in [-0.2, -0.15) is 0 Å². The van der Waals surface area contributed by atoms with Crippen LogP contribution in [0.5, 0.6) is 0 Å². The number of nitrogens with zero attached hydrogens (tertiary/aromatic N) is 1. The Morgan fingerprint density at radius 1 is 1.28 bits per heavy atom. The van der Waals surface area contributed by atoms with Crippen LogP contribution < -0.4 is 0 Å². The molecule has 2 aliphatic heterocycles. The molecule has 2 heterocycles. The van der Waals surface area contributed by atoms with Crippen LogP contribution in [0.1, 0.15) is 18.9 Å². The molecule has 0 aromatic heterocycles. The molecule has 0 saturated carbocycles. The van der Waals surface area contributed by atoms with Gasteiger partial charge in [0.05, 0.1) is 0 Å². The minimum atomic E-state index is -0.133. The van der Waals surface area contributed by atoms with E-state index < -0.39 is 0 Å². The first-order chi connectivity index (χ1) is 8.65. The zero-order valence-electron chi connectivity index (χ0n) is 10.3. The van der Waals surface area contributed by atoms with Crippen LogP contribution in [0.4, 0.5) is 0 Å². The zero-order valence-corrected chi connectivity index (χ0v) is 11.1. The van der Waals surface area contributed by atoms with Crippen LogP contribution in [0, 0.1) is 5.92 Å². The summed E-state index contributed by atoms with van der Waals surface area (Å²) in [6, 6.07) is 8.30. The molecule has 0 bridgehead atoms. The van der Waals surface area contributed by atoms with E-state index in [0.717, 1.165) is 6.42 Å². The van der Waals surface area contributed by atoms with Gasteiger partial charge >= 0.3 is 0 Å². The highest BCUT2D eigenvalue weighted by atomic mass is 32.2. The van der Waals surface area contributed by atoms with E-state index in [9.17, 15) is 9.59 Å². The number of benzene rings is 1. The highest BCUT2D eigenvalue weighted by Crippen LogP contribution is 2.37. The molecule has 0 aliphatic carbocycles. The summed E-state index contributed by atoms with van der Waals surface area (Å²) < 4.78 is 0. The number of hydrogen-bond acceptors (Lipinski definition) is 3. The fourth-order valence-corrected chi connectivity index (χ4v) is 3.91. The average molecular weight is 261 g/mol. The fraction of sp³-hybridized carbons (Fsp3) is 0.429. The summed E-state index contributed by atoms with van der Waals surface area (Å²) in [6.07, 6.45) is 1.33. The molecule has 3 nitrogen and oxygen atoms in total. The van der Waals surface area contributed by atoms with Crippen LogP contribution in [0.15, 0.2) is 29.2 Å². The lowest BCUT2D eigenvalue weighted by atomic mass is 10.1. The van der Waals surface area contributed by atoms with Crippen LogP contribution >= 0.6 is 11.8 Å². The van der Waals surface area contributed by atoms with Crippen LogP contribution in [-0.4, -0.2) is 28.5 Å². The standard InChI is InChI=1S/C14H15NO2S/c1-9-6-13(16)15(14(9)17)8-11-7-10-4-2-3-5-12(10)18-11/h2-5,9,11H,6-8H2,1H3. The van der Waals surface area contributed by atoms with Crippen molar-refractivity contribution in [3.8, 4) is 0 Å². The van der Waals surface area contributed by atoms with Gasteiger partial charge in [-0.1, -0.05) is 25.1 Å². The van der Waals surface area contributed by atoms with Crippen LogP contribution in [0.2, 0.25) is 0 Å². The third kappa shape index (κ3) is 1.94. The summed E-state index contributed by atoms with van der Waals surface area (Å²) in [6.45, 7) is 2.39. The molecule has 0 N–H and O–H groups in total. The number of amides is 2. The van der Waals surface area contributed by atoms with E-state index in [2.05, 4.69) is 12.1 Å². The highest BCUT2D eigenvalue weighted by Gasteiger charge is 2.37. The van der Waals surface area contributed by atoms with E-state index in [4.69, 9.17) is 0 Å². The number of thioether (sulfide) groups is 1. The van der Waals surface area contributed by atoms with Crippen LogP contribution in [-0.2, 0) is 16.0 Å². The number of imide groups is 1. The average Bonchev–Trinajstić information content (AvgIpc) is 2.86. The van der Waals surface area contributed by atoms with E-state index in [1.54, 1.807) is 11.8 Å². The van der Waals surface area contributed by atoms with Crippen molar-refractivity contribution in [3.05, 3.63) is 29.8 Å². The number of carbonyl (C=O) groups is 2. The first kappa shape index (κ1) is 11.8. The molecule has 2 aliphatic rings. The SMILES string of the molecule is CC1CC(=O)N(CC2Cc3ccccc3S2)C1=O. The molecule has 2 atom stereocenters. The predicted molar refractivity (Wildman–Crippen MR) is 70.3 cm³/mol. The third-order valence-corrected chi connectivity index (χ3v) is 4.87. The molecular formula is C14H15NO2S. The van der Waals surface area contributed by atoms with E-state index in [0.29, 0.717) is 18.2 Å². The Hall–Kier alpha value is -1.29. The topological polar surface area (TPSA) is 37.4 Å². The Morgan fingerprint density at radius 3 is 2.72 bits per heavy atom. The van der Waals surface area contributed by atoms with Gasteiger partial charge in [0.15, 0.2) is 0 Å². The predicted octanol–water partition coefficient (Wildman–Crippen LogP) is 2.10. The molecule has 1 saturated heterocycles. The molecule has 94 valence electrons. The van der Waals surface area contributed by atoms with Gasteiger partial charge in [-0.15, -0.1) is 11.8 Å². The van der Waals surface area contributed by atoms with Crippen molar-refractivity contribution in [2.24, 2.45) is 5.92 Å². The number of hydrogen-bond donors (Lipinski definition) is 0. The highest BCUT2D eigenvalue weighted by molar-refractivity contribution is 8.00. The van der Waals surface area contributed by atoms with E-state index >= 15 is 0 Å². The molecule has 4 heteroatoms. The van der Waals surface area contributed by atoms with Gasteiger partial charge in [0.25, 0.3) is 0 Å². The summed E-state index contributed by atoms with van der Waals surface area (Å²) in [5.74, 6) is -0.146. The van der Waals surface area contributed by atoms with Crippen LogP contribution in [0.3, 0.4) is 0 Å². The van der Waals surface area contributed by atoms with E-state index in [1.807, 2.05) is 19.1 Å². The minimum absolute atomic E-state index is 0.00319. The molecule has 2 unspecified atom stereocenters. The number of rotatable bonds is 2. The third-order valence-electron chi connectivity index (χ3n) is 3.57. The second kappa shape index (κ2) is 4.43. The van der Waals surface area contributed by atoms with Gasteiger partial charge in [0, 0.05) is 29.0 Å². The monoisotopic (exact) mass is 261 g/mol. The van der Waals surface area contributed by atoms with Gasteiger partial charge < -0.3 is 0 Å². The number of fused-ring (bicyclic) bond motifs is 1. The largest absolute Gasteiger partial charge is 0.281 e. The molecule has 2 amide bonds. The second-order valence-electron chi connectivity index (χ2n) is 5.00. The van der Waals surface area contributed by atoms with Crippen molar-refractivity contribution < 1.29 is 9.59 Å². The lowest BCUT2D eigenvalue weighted by Gasteiger charge is -2.18. The van der Waals surface area contributed by atoms with Crippen LogP contribution in [0.25, 0.3) is 0 Å². The molecule has 1 aromatic rings. The normalized spacial score (nSPS) is 26.8. The Kier molecular flexibility index (Phi) is 2.90. The minimum Gasteiger partial charge on any atom is -0.281 e. The molecular weight excluding hydrogens is 246 g/mol. The summed E-state index contributed by atoms with van der Waals surface area (Å²) in [5, 5.41) is 0.320. The van der Waals surface area contributed by atoms with Crippen molar-refractivity contribution in [1.82, 2.24) is 4.90 Å². The number of likely N-dealkylation sites (tertiary alicyclic amines) is 1. The van der Waals surface area contributed by atoms with Crippen molar-refractivity contribution in [1.29, 1.82) is 0 Å². The maximum Gasteiger partial charge on any atom is 0.232 e. The lowest BCUT2D eigenvalue weighted by molar-refractivity contribution is -0.139. The van der Waals surface area contributed by atoms with Gasteiger partial charge in [-0.3, -0.25) is 14.5 Å². The molecule has 1 fully saturated rings. The maximum atomic E-state index is 11.9. The smallest absolute Gasteiger partial charge is 0.232 e. The zero-order chi connectivity index (χ0) is 12.7. The maximum absolute atomic E-state index is 11.9. The summed E-state index contributed by atoms with van der Waals surface area (Å²) in [7, 11) is 0. The Balaban J connectivity index is 1.70. The molecule has 3 rings (SSSR count). The van der Waals surface area contributed by atoms with Gasteiger partial charge in [-0.05, 0) is 18.1 Å². The summed E-state index contributed by atoms with van der Waals surface area (Å²) in [4.78, 5) is 26.4. The first-order valence-electron chi connectivity index (χ1n) is 6.24. The van der Waals surface area contributed by atoms with Crippen molar-refractivity contribution in [3.63, 3.8) is 0 Å². The Morgan fingerprint density at radius 2 is 2.06 bits per heavy atom. The quantitative estimate of drug-likeness (QED) is 0.765. The van der Waals surface area contributed by atoms with Crippen molar-refractivity contribution >= 4 is 23.6 Å². The van der Waals surface area contributed by atoms with E-state index in [1.165, 1.54) is 15.4 Å². The summed E-state index contributed by atoms with van der Waals surface area (Å²) >= 11 is 1.78. The van der Waals surface area contributed by atoms with Crippen molar-refractivity contribution in [2.75, 3.05) is 6.54 Å². The van der Waals surface area contributed by atoms with Crippen molar-refractivity contribution in [2.45, 2.75) is 29.9 Å². The fourth-order valence-electron chi connectivity index (χ4n) is 2.60. The van der Waals surface area contributed by atoms with E-state index in [-0.39, 0.29) is 17.7 Å². The van der Waals surface area contributed by atoms with Gasteiger partial charge in [-0.25, -0.2) is 0 Å². The van der Waals surface area contributed by atoms with Gasteiger partial charge in [0.1, 0.15) is 0 Å². The Labute approximate surface area is 111 Å². The first-order valence-corrected chi connectivity index (χ1v) is 7.12. The summed E-state index contributed by atoms with van der Waals surface area (Å²) in [5.41, 5.74) is 1.33. The lowest BCUT2D eigenvalue weighted by Crippen LogP contribution is -2.36. The Bertz CT molecular complexity index is 489. The molecule has 1 aromatic carbocycles.